The molecule has 2 rings (SSSR count). The van der Waals surface area contributed by atoms with Gasteiger partial charge in [-0.3, -0.25) is 4.98 Å². The average Bonchev–Trinajstić information content (AvgIpc) is 2.46. The molecule has 0 spiro atoms. The highest BCUT2D eigenvalue weighted by Crippen LogP contribution is 2.14. The van der Waals surface area contributed by atoms with Crippen LogP contribution in [-0.2, 0) is 16.6 Å². The van der Waals surface area contributed by atoms with Gasteiger partial charge in [-0.25, -0.2) is 18.1 Å². The van der Waals surface area contributed by atoms with E-state index in [1.54, 1.807) is 18.3 Å². The highest BCUT2D eigenvalue weighted by atomic mass is 79.9. The second-order valence-corrected chi connectivity index (χ2v) is 6.55. The Bertz CT molecular complexity index is 689. The van der Waals surface area contributed by atoms with Gasteiger partial charge in [-0.2, -0.15) is 0 Å². The number of pyridine rings is 2. The fourth-order valence-electron chi connectivity index (χ4n) is 1.44. The second kappa shape index (κ2) is 6.29. The first-order valence-corrected chi connectivity index (χ1v) is 7.88. The van der Waals surface area contributed by atoms with E-state index in [4.69, 9.17) is 4.74 Å². The van der Waals surface area contributed by atoms with Crippen molar-refractivity contribution in [2.24, 2.45) is 0 Å². The molecule has 20 heavy (non-hydrogen) atoms. The van der Waals surface area contributed by atoms with Crippen LogP contribution < -0.4 is 9.46 Å². The second-order valence-electron chi connectivity index (χ2n) is 3.87. The number of halogens is 1. The maximum absolute atomic E-state index is 12.1. The summed E-state index contributed by atoms with van der Waals surface area (Å²) in [6.07, 6.45) is 4.37. The van der Waals surface area contributed by atoms with Crippen LogP contribution in [-0.4, -0.2) is 25.5 Å². The molecule has 0 amide bonds. The van der Waals surface area contributed by atoms with Crippen LogP contribution in [0.2, 0.25) is 0 Å². The fraction of sp³-hybridized carbons (Fsp3) is 0.167. The van der Waals surface area contributed by atoms with Gasteiger partial charge in [-0.15, -0.1) is 0 Å². The molecule has 0 fully saturated rings. The molecule has 2 heterocycles. The van der Waals surface area contributed by atoms with Crippen LogP contribution in [0, 0.1) is 0 Å². The Kier molecular flexibility index (Phi) is 4.69. The fourth-order valence-corrected chi connectivity index (χ4v) is 2.96. The molecule has 1 N–H and O–H groups in total. The zero-order valence-corrected chi connectivity index (χ0v) is 13.0. The predicted octanol–water partition coefficient (Wildman–Crippen LogP) is 1.73. The third kappa shape index (κ3) is 3.75. The van der Waals surface area contributed by atoms with E-state index in [0.717, 1.165) is 5.56 Å². The maximum Gasteiger partial charge on any atom is 0.242 e. The molecule has 0 radical (unpaired) electrons. The van der Waals surface area contributed by atoms with Gasteiger partial charge in [-0.05, 0) is 27.6 Å². The molecule has 0 aliphatic heterocycles. The van der Waals surface area contributed by atoms with E-state index >= 15 is 0 Å². The summed E-state index contributed by atoms with van der Waals surface area (Å²) in [6, 6.07) is 4.90. The first-order chi connectivity index (χ1) is 9.51. The number of hydrogen-bond acceptors (Lipinski definition) is 5. The highest BCUT2D eigenvalue weighted by molar-refractivity contribution is 9.10. The minimum Gasteiger partial charge on any atom is -0.481 e. The molecule has 2 aromatic rings. The number of nitrogens with zero attached hydrogens (tertiary/aromatic N) is 2. The van der Waals surface area contributed by atoms with Gasteiger partial charge in [0, 0.05) is 35.7 Å². The average molecular weight is 358 g/mol. The summed E-state index contributed by atoms with van der Waals surface area (Å²) in [5, 5.41) is 0. The van der Waals surface area contributed by atoms with Crippen LogP contribution in [0.1, 0.15) is 5.56 Å². The van der Waals surface area contributed by atoms with Crippen molar-refractivity contribution in [3.63, 3.8) is 0 Å². The largest absolute Gasteiger partial charge is 0.481 e. The number of sulfonamides is 1. The van der Waals surface area contributed by atoms with E-state index in [2.05, 4.69) is 30.6 Å². The van der Waals surface area contributed by atoms with Crippen molar-refractivity contribution in [3.8, 4) is 5.88 Å². The Morgan fingerprint density at radius 3 is 2.70 bits per heavy atom. The number of hydrogen-bond donors (Lipinski definition) is 1. The van der Waals surface area contributed by atoms with Crippen molar-refractivity contribution in [2.45, 2.75) is 11.4 Å². The van der Waals surface area contributed by atoms with Crippen LogP contribution in [0.5, 0.6) is 5.88 Å². The van der Waals surface area contributed by atoms with Gasteiger partial charge in [0.25, 0.3) is 0 Å². The number of aromatic nitrogens is 2. The lowest BCUT2D eigenvalue weighted by molar-refractivity contribution is 0.397. The number of ether oxygens (including phenoxy) is 1. The van der Waals surface area contributed by atoms with Gasteiger partial charge in [0.05, 0.1) is 7.11 Å². The zero-order valence-electron chi connectivity index (χ0n) is 10.6. The van der Waals surface area contributed by atoms with E-state index < -0.39 is 10.0 Å². The van der Waals surface area contributed by atoms with Gasteiger partial charge in [-0.1, -0.05) is 6.07 Å². The van der Waals surface area contributed by atoms with Crippen LogP contribution in [0.3, 0.4) is 0 Å². The highest BCUT2D eigenvalue weighted by Gasteiger charge is 2.14. The van der Waals surface area contributed by atoms with Crippen molar-refractivity contribution in [1.29, 1.82) is 0 Å². The Morgan fingerprint density at radius 2 is 2.10 bits per heavy atom. The lowest BCUT2D eigenvalue weighted by Crippen LogP contribution is -2.23. The van der Waals surface area contributed by atoms with E-state index in [1.807, 2.05) is 0 Å². The minimum absolute atomic E-state index is 0.105. The molecule has 2 aromatic heterocycles. The van der Waals surface area contributed by atoms with Crippen molar-refractivity contribution >= 4 is 26.0 Å². The molecule has 0 bridgehead atoms. The molecule has 106 valence electrons. The summed E-state index contributed by atoms with van der Waals surface area (Å²) in [5.74, 6) is 0.479. The molecule has 0 unspecified atom stereocenters. The van der Waals surface area contributed by atoms with E-state index in [1.165, 1.54) is 25.6 Å². The summed E-state index contributed by atoms with van der Waals surface area (Å²) >= 11 is 3.19. The maximum atomic E-state index is 12.1. The van der Waals surface area contributed by atoms with Crippen LogP contribution >= 0.6 is 15.9 Å². The number of methoxy groups -OCH3 is 1. The van der Waals surface area contributed by atoms with Gasteiger partial charge >= 0.3 is 0 Å². The van der Waals surface area contributed by atoms with Gasteiger partial charge < -0.3 is 4.74 Å². The molecule has 8 heteroatoms. The number of rotatable bonds is 5. The van der Waals surface area contributed by atoms with Crippen molar-refractivity contribution in [1.82, 2.24) is 14.7 Å². The molecule has 0 saturated carbocycles. The Labute approximate surface area is 125 Å². The third-order valence-electron chi connectivity index (χ3n) is 2.46. The summed E-state index contributed by atoms with van der Waals surface area (Å²) in [5.41, 5.74) is 0.734. The van der Waals surface area contributed by atoms with Gasteiger partial charge in [0.1, 0.15) is 4.90 Å². The van der Waals surface area contributed by atoms with E-state index in [-0.39, 0.29) is 11.4 Å². The van der Waals surface area contributed by atoms with Crippen molar-refractivity contribution < 1.29 is 13.2 Å². The molecule has 0 aliphatic rings. The van der Waals surface area contributed by atoms with Gasteiger partial charge in [0.15, 0.2) is 0 Å². The van der Waals surface area contributed by atoms with Crippen molar-refractivity contribution in [2.75, 3.05) is 7.11 Å². The Morgan fingerprint density at radius 1 is 1.30 bits per heavy atom. The molecule has 0 aromatic carbocycles. The molecular weight excluding hydrogens is 346 g/mol. The summed E-state index contributed by atoms with van der Waals surface area (Å²) in [4.78, 5) is 7.95. The minimum atomic E-state index is -3.60. The lowest BCUT2D eigenvalue weighted by atomic mass is 10.3. The lowest BCUT2D eigenvalue weighted by Gasteiger charge is -2.07. The topological polar surface area (TPSA) is 81.2 Å². The summed E-state index contributed by atoms with van der Waals surface area (Å²) in [6.45, 7) is 0.145. The standard InChI is InChI=1S/C12H12BrN3O3S/c1-19-12-3-2-9(5-15-12)6-16-20(17,18)11-4-10(13)7-14-8-11/h2-5,7-8,16H,6H2,1H3. The molecular formula is C12H12BrN3O3S. The first kappa shape index (κ1) is 14.9. The summed E-state index contributed by atoms with van der Waals surface area (Å²) in [7, 11) is -2.08. The Balaban J connectivity index is 2.09. The predicted molar refractivity (Wildman–Crippen MR) is 76.8 cm³/mol. The zero-order chi connectivity index (χ0) is 14.6. The first-order valence-electron chi connectivity index (χ1n) is 5.60. The quantitative estimate of drug-likeness (QED) is 0.880. The molecule has 6 nitrogen and oxygen atoms in total. The monoisotopic (exact) mass is 357 g/mol. The summed E-state index contributed by atoms with van der Waals surface area (Å²) < 4.78 is 32.2. The molecule has 0 aliphatic carbocycles. The smallest absolute Gasteiger partial charge is 0.242 e. The molecule has 0 atom stereocenters. The molecule has 0 saturated heterocycles. The third-order valence-corrected chi connectivity index (χ3v) is 4.27. The van der Waals surface area contributed by atoms with Crippen LogP contribution in [0.4, 0.5) is 0 Å². The number of nitrogens with one attached hydrogen (secondary N) is 1. The SMILES string of the molecule is COc1ccc(CNS(=O)(=O)c2cncc(Br)c2)cn1. The van der Waals surface area contributed by atoms with E-state index in [9.17, 15) is 8.42 Å². The van der Waals surface area contributed by atoms with E-state index in [0.29, 0.717) is 10.4 Å². The van der Waals surface area contributed by atoms with Crippen LogP contribution in [0.15, 0.2) is 46.2 Å². The normalized spacial score (nSPS) is 11.3. The Hall–Kier alpha value is -1.51. The van der Waals surface area contributed by atoms with Crippen LogP contribution in [0.25, 0.3) is 0 Å². The van der Waals surface area contributed by atoms with Gasteiger partial charge in [0.2, 0.25) is 15.9 Å². The van der Waals surface area contributed by atoms with Crippen molar-refractivity contribution in [3.05, 3.63) is 46.8 Å².